The van der Waals surface area contributed by atoms with Crippen molar-refractivity contribution < 1.29 is 0 Å². The molecular formula is C9H16ClN3. The lowest BCUT2D eigenvalue weighted by Crippen LogP contribution is -2.21. The van der Waals surface area contributed by atoms with Crippen LogP contribution in [0.25, 0.3) is 0 Å². The SMILES string of the molecule is CCN(CC)c1ccc(N)nc1.Cl. The lowest BCUT2D eigenvalue weighted by atomic mass is 10.3. The minimum atomic E-state index is 0. The third kappa shape index (κ3) is 3.11. The first-order valence-electron chi connectivity index (χ1n) is 4.24. The van der Waals surface area contributed by atoms with Crippen molar-refractivity contribution in [2.75, 3.05) is 23.7 Å². The van der Waals surface area contributed by atoms with Crippen molar-refractivity contribution in [3.8, 4) is 0 Å². The highest BCUT2D eigenvalue weighted by Gasteiger charge is 1.99. The van der Waals surface area contributed by atoms with Crippen molar-refractivity contribution in [3.63, 3.8) is 0 Å². The molecule has 0 bridgehead atoms. The summed E-state index contributed by atoms with van der Waals surface area (Å²) in [4.78, 5) is 6.26. The molecule has 74 valence electrons. The van der Waals surface area contributed by atoms with Gasteiger partial charge in [-0.05, 0) is 26.0 Å². The molecule has 0 aliphatic heterocycles. The fourth-order valence-electron chi connectivity index (χ4n) is 1.17. The Balaban J connectivity index is 0.00000144. The Morgan fingerprint density at radius 1 is 1.31 bits per heavy atom. The van der Waals surface area contributed by atoms with Gasteiger partial charge in [-0.1, -0.05) is 0 Å². The molecule has 0 saturated carbocycles. The van der Waals surface area contributed by atoms with Gasteiger partial charge in [0.15, 0.2) is 0 Å². The van der Waals surface area contributed by atoms with Crippen molar-refractivity contribution in [1.82, 2.24) is 4.98 Å². The molecule has 0 amide bonds. The summed E-state index contributed by atoms with van der Waals surface area (Å²) in [7, 11) is 0. The zero-order valence-corrected chi connectivity index (χ0v) is 8.84. The number of halogens is 1. The van der Waals surface area contributed by atoms with Gasteiger partial charge in [-0.15, -0.1) is 12.4 Å². The summed E-state index contributed by atoms with van der Waals surface area (Å²) in [6.45, 7) is 6.25. The summed E-state index contributed by atoms with van der Waals surface area (Å²) in [6.07, 6.45) is 1.81. The second-order valence-electron chi connectivity index (χ2n) is 2.61. The van der Waals surface area contributed by atoms with Gasteiger partial charge in [0, 0.05) is 13.1 Å². The molecule has 0 aliphatic rings. The molecule has 1 aromatic heterocycles. The first-order valence-corrected chi connectivity index (χ1v) is 4.24. The molecule has 0 atom stereocenters. The third-order valence-electron chi connectivity index (χ3n) is 1.90. The predicted octanol–water partition coefficient (Wildman–Crippen LogP) is 1.93. The molecule has 0 fully saturated rings. The summed E-state index contributed by atoms with van der Waals surface area (Å²) in [5.41, 5.74) is 6.61. The van der Waals surface area contributed by atoms with E-state index in [-0.39, 0.29) is 12.4 Å². The maximum absolute atomic E-state index is 5.48. The smallest absolute Gasteiger partial charge is 0.123 e. The molecule has 0 unspecified atom stereocenters. The van der Waals surface area contributed by atoms with Crippen LogP contribution in [0.2, 0.25) is 0 Å². The number of hydrogen-bond donors (Lipinski definition) is 1. The van der Waals surface area contributed by atoms with Crippen LogP contribution in [0.1, 0.15) is 13.8 Å². The maximum Gasteiger partial charge on any atom is 0.123 e. The standard InChI is InChI=1S/C9H15N3.ClH/c1-3-12(4-2)8-5-6-9(10)11-7-8;/h5-7H,3-4H2,1-2H3,(H2,10,11);1H. The largest absolute Gasteiger partial charge is 0.384 e. The summed E-state index contributed by atoms with van der Waals surface area (Å²) < 4.78 is 0. The van der Waals surface area contributed by atoms with Crippen LogP contribution in [-0.2, 0) is 0 Å². The van der Waals surface area contributed by atoms with Crippen LogP contribution in [0.5, 0.6) is 0 Å². The zero-order valence-electron chi connectivity index (χ0n) is 8.03. The van der Waals surface area contributed by atoms with Crippen LogP contribution in [0.15, 0.2) is 18.3 Å². The molecule has 2 N–H and O–H groups in total. The van der Waals surface area contributed by atoms with Gasteiger partial charge in [0.2, 0.25) is 0 Å². The van der Waals surface area contributed by atoms with Gasteiger partial charge >= 0.3 is 0 Å². The van der Waals surface area contributed by atoms with Crippen LogP contribution >= 0.6 is 12.4 Å². The average Bonchev–Trinajstić information content (AvgIpc) is 2.10. The number of hydrogen-bond acceptors (Lipinski definition) is 3. The summed E-state index contributed by atoms with van der Waals surface area (Å²) in [6, 6.07) is 3.82. The second kappa shape index (κ2) is 5.65. The van der Waals surface area contributed by atoms with E-state index in [0.29, 0.717) is 5.82 Å². The lowest BCUT2D eigenvalue weighted by molar-refractivity contribution is 0.863. The number of anilines is 2. The summed E-state index contributed by atoms with van der Waals surface area (Å²) in [5.74, 6) is 0.575. The van der Waals surface area contributed by atoms with Gasteiger partial charge in [0.05, 0.1) is 11.9 Å². The van der Waals surface area contributed by atoms with E-state index in [1.165, 1.54) is 0 Å². The van der Waals surface area contributed by atoms with E-state index < -0.39 is 0 Å². The third-order valence-corrected chi connectivity index (χ3v) is 1.90. The van der Waals surface area contributed by atoms with E-state index in [1.807, 2.05) is 18.3 Å². The highest BCUT2D eigenvalue weighted by Crippen LogP contribution is 2.12. The molecule has 13 heavy (non-hydrogen) atoms. The molecule has 0 spiro atoms. The fourth-order valence-corrected chi connectivity index (χ4v) is 1.17. The number of nitrogens with zero attached hydrogens (tertiary/aromatic N) is 2. The topological polar surface area (TPSA) is 42.1 Å². The number of aromatic nitrogens is 1. The van der Waals surface area contributed by atoms with Gasteiger partial charge in [-0.2, -0.15) is 0 Å². The molecule has 0 saturated heterocycles. The molecule has 0 radical (unpaired) electrons. The predicted molar refractivity (Wildman–Crippen MR) is 59.5 cm³/mol. The first kappa shape index (κ1) is 12.0. The Hall–Kier alpha value is -0.960. The highest BCUT2D eigenvalue weighted by atomic mass is 35.5. The van der Waals surface area contributed by atoms with Crippen LogP contribution in [0.3, 0.4) is 0 Å². The lowest BCUT2D eigenvalue weighted by Gasteiger charge is -2.20. The molecule has 0 aliphatic carbocycles. The number of rotatable bonds is 3. The Morgan fingerprint density at radius 2 is 1.92 bits per heavy atom. The highest BCUT2D eigenvalue weighted by molar-refractivity contribution is 5.85. The normalized spacial score (nSPS) is 9.08. The van der Waals surface area contributed by atoms with Crippen LogP contribution in [0, 0.1) is 0 Å². The van der Waals surface area contributed by atoms with Crippen molar-refractivity contribution in [3.05, 3.63) is 18.3 Å². The van der Waals surface area contributed by atoms with Crippen LogP contribution in [0.4, 0.5) is 11.5 Å². The summed E-state index contributed by atoms with van der Waals surface area (Å²) in [5, 5.41) is 0. The first-order chi connectivity index (χ1) is 5.77. The Labute approximate surface area is 85.4 Å². The number of nitrogen functional groups attached to an aromatic ring is 1. The van der Waals surface area contributed by atoms with Gasteiger partial charge in [0.25, 0.3) is 0 Å². The van der Waals surface area contributed by atoms with E-state index in [2.05, 4.69) is 23.7 Å². The van der Waals surface area contributed by atoms with Gasteiger partial charge < -0.3 is 10.6 Å². The van der Waals surface area contributed by atoms with E-state index in [4.69, 9.17) is 5.73 Å². The van der Waals surface area contributed by atoms with Gasteiger partial charge in [0.1, 0.15) is 5.82 Å². The van der Waals surface area contributed by atoms with E-state index in [9.17, 15) is 0 Å². The van der Waals surface area contributed by atoms with Gasteiger partial charge in [-0.3, -0.25) is 0 Å². The molecule has 0 aromatic carbocycles. The van der Waals surface area contributed by atoms with E-state index in [1.54, 1.807) is 0 Å². The average molecular weight is 202 g/mol. The van der Waals surface area contributed by atoms with Crippen LogP contribution < -0.4 is 10.6 Å². The maximum atomic E-state index is 5.48. The van der Waals surface area contributed by atoms with E-state index in [0.717, 1.165) is 18.8 Å². The monoisotopic (exact) mass is 201 g/mol. The molecule has 1 rings (SSSR count). The second-order valence-corrected chi connectivity index (χ2v) is 2.61. The fraction of sp³-hybridized carbons (Fsp3) is 0.444. The molecular weight excluding hydrogens is 186 g/mol. The number of nitrogens with two attached hydrogens (primary N) is 1. The molecule has 1 aromatic rings. The van der Waals surface area contributed by atoms with E-state index >= 15 is 0 Å². The van der Waals surface area contributed by atoms with Crippen molar-refractivity contribution >= 4 is 23.9 Å². The Bertz CT molecular complexity index is 231. The molecule has 3 nitrogen and oxygen atoms in total. The zero-order chi connectivity index (χ0) is 8.97. The van der Waals surface area contributed by atoms with Gasteiger partial charge in [-0.25, -0.2) is 4.98 Å². The molecule has 1 heterocycles. The Morgan fingerprint density at radius 3 is 2.31 bits per heavy atom. The van der Waals surface area contributed by atoms with Crippen LogP contribution in [-0.4, -0.2) is 18.1 Å². The minimum Gasteiger partial charge on any atom is -0.384 e. The minimum absolute atomic E-state index is 0. The van der Waals surface area contributed by atoms with Crippen molar-refractivity contribution in [2.45, 2.75) is 13.8 Å². The number of pyridine rings is 1. The van der Waals surface area contributed by atoms with Crippen molar-refractivity contribution in [2.24, 2.45) is 0 Å². The Kier molecular flexibility index (Phi) is 5.23. The quantitative estimate of drug-likeness (QED) is 0.813. The summed E-state index contributed by atoms with van der Waals surface area (Å²) >= 11 is 0. The molecule has 4 heteroatoms. The van der Waals surface area contributed by atoms with Crippen molar-refractivity contribution in [1.29, 1.82) is 0 Å².